The second kappa shape index (κ2) is 3.99. The van der Waals surface area contributed by atoms with E-state index in [0.717, 1.165) is 0 Å². The van der Waals surface area contributed by atoms with Crippen molar-refractivity contribution in [3.8, 4) is 0 Å². The minimum absolute atomic E-state index is 0.283. The van der Waals surface area contributed by atoms with E-state index in [-0.39, 0.29) is 11.8 Å². The molecular weight excluding hydrogens is 246 g/mol. The van der Waals surface area contributed by atoms with E-state index in [4.69, 9.17) is 0 Å². The molecule has 2 amide bonds. The molecule has 0 saturated carbocycles. The molecule has 0 bridgehead atoms. The van der Waals surface area contributed by atoms with Gasteiger partial charge in [-0.2, -0.15) is 0 Å². The van der Waals surface area contributed by atoms with E-state index >= 15 is 0 Å². The van der Waals surface area contributed by atoms with E-state index in [2.05, 4.69) is 12.6 Å². The van der Waals surface area contributed by atoms with Crippen molar-refractivity contribution < 1.29 is 9.59 Å². The second-order valence-electron chi connectivity index (χ2n) is 4.01. The topological polar surface area (TPSA) is 37.4 Å². The van der Waals surface area contributed by atoms with Gasteiger partial charge >= 0.3 is 0 Å². The fourth-order valence-electron chi connectivity index (χ4n) is 2.06. The number of benzene rings is 2. The number of hydrogen-bond donors (Lipinski definition) is 1. The van der Waals surface area contributed by atoms with Gasteiger partial charge in [0.2, 0.25) is 0 Å². The summed E-state index contributed by atoms with van der Waals surface area (Å²) in [5.74, 6) is -0.566. The summed E-state index contributed by atoms with van der Waals surface area (Å²) < 4.78 is 0. The molecule has 0 aliphatic carbocycles. The molecule has 18 heavy (non-hydrogen) atoms. The van der Waals surface area contributed by atoms with E-state index in [9.17, 15) is 9.59 Å². The first-order valence-electron chi connectivity index (χ1n) is 5.45. The lowest BCUT2D eigenvalue weighted by Gasteiger charge is -2.13. The van der Waals surface area contributed by atoms with Crippen molar-refractivity contribution in [3.05, 3.63) is 59.7 Å². The summed E-state index contributed by atoms with van der Waals surface area (Å²) in [5.41, 5.74) is 1.45. The molecule has 4 heteroatoms. The maximum Gasteiger partial charge on any atom is 0.266 e. The Hall–Kier alpha value is -2.07. The Labute approximate surface area is 109 Å². The van der Waals surface area contributed by atoms with Crippen molar-refractivity contribution in [2.45, 2.75) is 4.90 Å². The van der Waals surface area contributed by atoms with Crippen molar-refractivity contribution in [2.24, 2.45) is 0 Å². The summed E-state index contributed by atoms with van der Waals surface area (Å²) in [6, 6.07) is 13.8. The largest absolute Gasteiger partial charge is 0.268 e. The number of nitrogens with zero attached hydrogens (tertiary/aromatic N) is 1. The van der Waals surface area contributed by atoms with Crippen LogP contribution in [0.15, 0.2) is 53.4 Å². The highest BCUT2D eigenvalue weighted by molar-refractivity contribution is 7.80. The number of imide groups is 1. The van der Waals surface area contributed by atoms with Crippen molar-refractivity contribution in [2.75, 3.05) is 4.90 Å². The quantitative estimate of drug-likeness (QED) is 0.628. The fourth-order valence-corrected chi connectivity index (χ4v) is 2.27. The minimum atomic E-state index is -0.283. The van der Waals surface area contributed by atoms with Crippen LogP contribution in [0.4, 0.5) is 5.69 Å². The van der Waals surface area contributed by atoms with Gasteiger partial charge in [0.1, 0.15) is 0 Å². The summed E-state index contributed by atoms with van der Waals surface area (Å²) >= 11 is 4.22. The number of fused-ring (bicyclic) bond motifs is 1. The number of rotatable bonds is 1. The summed E-state index contributed by atoms with van der Waals surface area (Å²) in [5, 5.41) is 0. The Kier molecular flexibility index (Phi) is 2.45. The van der Waals surface area contributed by atoms with Crippen LogP contribution in [0.2, 0.25) is 0 Å². The zero-order valence-corrected chi connectivity index (χ0v) is 10.2. The first-order valence-corrected chi connectivity index (χ1v) is 5.90. The van der Waals surface area contributed by atoms with Gasteiger partial charge < -0.3 is 0 Å². The molecule has 0 N–H and O–H groups in total. The highest BCUT2D eigenvalue weighted by Gasteiger charge is 2.36. The van der Waals surface area contributed by atoms with Crippen LogP contribution in [-0.2, 0) is 0 Å². The fraction of sp³-hybridized carbons (Fsp3) is 0. The lowest BCUT2D eigenvalue weighted by molar-refractivity contribution is 0.0926. The number of thiol groups is 1. The highest BCUT2D eigenvalue weighted by atomic mass is 32.1. The van der Waals surface area contributed by atoms with Crippen LogP contribution in [0, 0.1) is 0 Å². The van der Waals surface area contributed by atoms with Crippen molar-refractivity contribution in [1.82, 2.24) is 0 Å². The van der Waals surface area contributed by atoms with Crippen molar-refractivity contribution in [1.29, 1.82) is 0 Å². The number of anilines is 1. The first-order chi connectivity index (χ1) is 8.68. The first kappa shape index (κ1) is 11.0. The van der Waals surface area contributed by atoms with E-state index < -0.39 is 0 Å². The molecule has 0 saturated heterocycles. The van der Waals surface area contributed by atoms with E-state index in [0.29, 0.717) is 21.7 Å². The van der Waals surface area contributed by atoms with Crippen molar-refractivity contribution >= 4 is 30.1 Å². The zero-order chi connectivity index (χ0) is 12.7. The number of hydrogen-bond acceptors (Lipinski definition) is 3. The van der Waals surface area contributed by atoms with Crippen LogP contribution >= 0.6 is 12.6 Å². The van der Waals surface area contributed by atoms with Crippen LogP contribution in [0.3, 0.4) is 0 Å². The molecule has 0 unspecified atom stereocenters. The molecule has 3 nitrogen and oxygen atoms in total. The third-order valence-corrected chi connectivity index (χ3v) is 3.16. The summed E-state index contributed by atoms with van der Waals surface area (Å²) in [6.45, 7) is 0. The molecule has 1 heterocycles. The van der Waals surface area contributed by atoms with Gasteiger partial charge in [-0.3, -0.25) is 9.59 Å². The molecule has 0 fully saturated rings. The Morgan fingerprint density at radius 3 is 2.00 bits per heavy atom. The van der Waals surface area contributed by atoms with Crippen LogP contribution in [0.5, 0.6) is 0 Å². The van der Waals surface area contributed by atoms with E-state index in [1.807, 2.05) is 0 Å². The Morgan fingerprint density at radius 1 is 0.833 bits per heavy atom. The molecule has 88 valence electrons. The molecule has 0 aromatic heterocycles. The maximum atomic E-state index is 12.2. The molecule has 0 spiro atoms. The Balaban J connectivity index is 2.12. The summed E-state index contributed by atoms with van der Waals surface area (Å²) in [7, 11) is 0. The molecule has 0 radical (unpaired) electrons. The molecule has 2 aromatic carbocycles. The SMILES string of the molecule is O=C1c2ccccc2C(=O)N1c1cccc(S)c1. The molecule has 3 rings (SSSR count). The highest BCUT2D eigenvalue weighted by Crippen LogP contribution is 2.29. The maximum absolute atomic E-state index is 12.2. The van der Waals surface area contributed by atoms with Gasteiger partial charge in [-0.15, -0.1) is 12.6 Å². The summed E-state index contributed by atoms with van der Waals surface area (Å²) in [4.78, 5) is 26.3. The van der Waals surface area contributed by atoms with E-state index in [1.165, 1.54) is 4.90 Å². The number of carbonyl (C=O) groups excluding carboxylic acids is 2. The zero-order valence-electron chi connectivity index (χ0n) is 9.33. The van der Waals surface area contributed by atoms with Gasteiger partial charge in [0, 0.05) is 4.90 Å². The second-order valence-corrected chi connectivity index (χ2v) is 4.53. The third-order valence-electron chi connectivity index (χ3n) is 2.88. The third kappa shape index (κ3) is 1.54. The Morgan fingerprint density at radius 2 is 1.44 bits per heavy atom. The van der Waals surface area contributed by atoms with Gasteiger partial charge in [0.15, 0.2) is 0 Å². The minimum Gasteiger partial charge on any atom is -0.268 e. The molecule has 1 aliphatic heterocycles. The van der Waals surface area contributed by atoms with Gasteiger partial charge in [0.25, 0.3) is 11.8 Å². The average molecular weight is 255 g/mol. The molecule has 0 atom stereocenters. The van der Waals surface area contributed by atoms with Crippen LogP contribution in [0.25, 0.3) is 0 Å². The molecular formula is C14H9NO2S. The smallest absolute Gasteiger partial charge is 0.266 e. The molecule has 1 aliphatic rings. The lowest BCUT2D eigenvalue weighted by Crippen LogP contribution is -2.29. The van der Waals surface area contributed by atoms with Gasteiger partial charge in [-0.05, 0) is 30.3 Å². The monoisotopic (exact) mass is 255 g/mol. The average Bonchev–Trinajstić information content (AvgIpc) is 2.63. The predicted molar refractivity (Wildman–Crippen MR) is 71.3 cm³/mol. The van der Waals surface area contributed by atoms with E-state index in [1.54, 1.807) is 48.5 Å². The van der Waals surface area contributed by atoms with Gasteiger partial charge in [-0.1, -0.05) is 18.2 Å². The molecule has 2 aromatic rings. The van der Waals surface area contributed by atoms with Crippen LogP contribution < -0.4 is 4.90 Å². The van der Waals surface area contributed by atoms with Crippen LogP contribution in [0.1, 0.15) is 20.7 Å². The van der Waals surface area contributed by atoms with Gasteiger partial charge in [0.05, 0.1) is 16.8 Å². The number of carbonyl (C=O) groups is 2. The van der Waals surface area contributed by atoms with Crippen LogP contribution in [-0.4, -0.2) is 11.8 Å². The lowest BCUT2D eigenvalue weighted by atomic mass is 10.1. The van der Waals surface area contributed by atoms with Gasteiger partial charge in [-0.25, -0.2) is 4.90 Å². The summed E-state index contributed by atoms with van der Waals surface area (Å²) in [6.07, 6.45) is 0. The normalized spacial score (nSPS) is 13.9. The Bertz CT molecular complexity index is 631. The number of amides is 2. The predicted octanol–water partition coefficient (Wildman–Crippen LogP) is 2.78. The standard InChI is InChI=1S/C14H9NO2S/c16-13-11-6-1-2-7-12(11)14(17)15(13)9-4-3-5-10(18)8-9/h1-8,18H. The van der Waals surface area contributed by atoms with Crippen molar-refractivity contribution in [3.63, 3.8) is 0 Å².